The molecule has 3 aromatic rings. The minimum absolute atomic E-state index is 0.173. The molecule has 1 saturated heterocycles. The number of carbonyl (C=O) groups excluding carboxylic acids is 2. The molecule has 0 bridgehead atoms. The third kappa shape index (κ3) is 6.32. The highest BCUT2D eigenvalue weighted by Crippen LogP contribution is 2.27. The first-order valence-corrected chi connectivity index (χ1v) is 11.3. The van der Waals surface area contributed by atoms with Crippen LogP contribution in [0, 0.1) is 0 Å². The van der Waals surface area contributed by atoms with E-state index in [-0.39, 0.29) is 11.9 Å². The Labute approximate surface area is 194 Å². The van der Waals surface area contributed by atoms with Crippen LogP contribution in [0.4, 0.5) is 16.2 Å². The maximum absolute atomic E-state index is 13.1. The second kappa shape index (κ2) is 11.1. The maximum atomic E-state index is 13.1. The molecule has 1 aliphatic rings. The van der Waals surface area contributed by atoms with Crippen molar-refractivity contribution in [2.24, 2.45) is 0 Å². The van der Waals surface area contributed by atoms with Gasteiger partial charge in [0.05, 0.1) is 5.56 Å². The quantitative estimate of drug-likeness (QED) is 0.508. The van der Waals surface area contributed by atoms with Gasteiger partial charge < -0.3 is 20.9 Å². The van der Waals surface area contributed by atoms with Crippen molar-refractivity contribution in [1.82, 2.24) is 15.6 Å². The average molecular weight is 444 g/mol. The number of hydrogen-bond donors (Lipinski definition) is 3. The van der Waals surface area contributed by atoms with Gasteiger partial charge in [0, 0.05) is 49.9 Å². The van der Waals surface area contributed by atoms with Crippen LogP contribution < -0.4 is 20.9 Å². The zero-order chi connectivity index (χ0) is 22.9. The lowest BCUT2D eigenvalue weighted by atomic mass is 10.1. The number of urea groups is 1. The lowest BCUT2D eigenvalue weighted by Gasteiger charge is -2.30. The number of aromatic nitrogens is 1. The predicted octanol–water partition coefficient (Wildman–Crippen LogP) is 4.32. The molecule has 3 N–H and O–H groups in total. The van der Waals surface area contributed by atoms with E-state index < -0.39 is 0 Å². The Morgan fingerprint density at radius 1 is 0.848 bits per heavy atom. The van der Waals surface area contributed by atoms with Crippen molar-refractivity contribution in [2.75, 3.05) is 23.3 Å². The highest BCUT2D eigenvalue weighted by Gasteiger charge is 2.19. The summed E-state index contributed by atoms with van der Waals surface area (Å²) in [6.45, 7) is 2.67. The molecule has 33 heavy (non-hydrogen) atoms. The molecule has 7 nitrogen and oxygen atoms in total. The number of piperidine rings is 1. The third-order valence-electron chi connectivity index (χ3n) is 5.67. The molecule has 0 aliphatic carbocycles. The van der Waals surface area contributed by atoms with E-state index >= 15 is 0 Å². The minimum Gasteiger partial charge on any atom is -0.371 e. The van der Waals surface area contributed by atoms with Crippen LogP contribution in [0.2, 0.25) is 0 Å². The molecule has 3 amide bonds. The lowest BCUT2D eigenvalue weighted by Crippen LogP contribution is -2.33. The summed E-state index contributed by atoms with van der Waals surface area (Å²) in [6, 6.07) is 18.7. The number of amides is 3. The molecule has 1 fully saturated rings. The number of pyridine rings is 1. The average Bonchev–Trinajstić information content (AvgIpc) is 2.88. The largest absolute Gasteiger partial charge is 0.371 e. The summed E-state index contributed by atoms with van der Waals surface area (Å²) in [6.07, 6.45) is 6.87. The van der Waals surface area contributed by atoms with Gasteiger partial charge in [-0.1, -0.05) is 36.4 Å². The number of anilines is 2. The molecule has 170 valence electrons. The first-order valence-electron chi connectivity index (χ1n) is 11.3. The van der Waals surface area contributed by atoms with Gasteiger partial charge in [0.25, 0.3) is 5.91 Å². The Balaban J connectivity index is 1.47. The molecule has 0 radical (unpaired) electrons. The van der Waals surface area contributed by atoms with Gasteiger partial charge in [-0.25, -0.2) is 4.79 Å². The van der Waals surface area contributed by atoms with Crippen molar-refractivity contribution in [3.8, 4) is 0 Å². The molecule has 0 spiro atoms. The van der Waals surface area contributed by atoms with E-state index in [4.69, 9.17) is 0 Å². The van der Waals surface area contributed by atoms with Gasteiger partial charge in [-0.15, -0.1) is 0 Å². The Morgan fingerprint density at radius 3 is 2.36 bits per heavy atom. The van der Waals surface area contributed by atoms with Crippen LogP contribution in [-0.2, 0) is 13.1 Å². The fraction of sp³-hybridized carbons (Fsp3) is 0.269. The van der Waals surface area contributed by atoms with Crippen LogP contribution >= 0.6 is 0 Å². The summed E-state index contributed by atoms with van der Waals surface area (Å²) in [5, 5.41) is 8.69. The van der Waals surface area contributed by atoms with E-state index in [0.29, 0.717) is 24.3 Å². The Kier molecular flexibility index (Phi) is 7.53. The number of rotatable bonds is 7. The Hall–Kier alpha value is -3.87. The van der Waals surface area contributed by atoms with Crippen molar-refractivity contribution >= 4 is 23.3 Å². The van der Waals surface area contributed by atoms with E-state index in [1.807, 2.05) is 54.6 Å². The number of nitrogens with one attached hydrogen (secondary N) is 3. The van der Waals surface area contributed by atoms with E-state index in [1.165, 1.54) is 6.42 Å². The van der Waals surface area contributed by atoms with Gasteiger partial charge in [0.1, 0.15) is 0 Å². The van der Waals surface area contributed by atoms with Crippen LogP contribution in [0.5, 0.6) is 0 Å². The summed E-state index contributed by atoms with van der Waals surface area (Å²) < 4.78 is 0. The predicted molar refractivity (Wildman–Crippen MR) is 130 cm³/mol. The second-order valence-corrected chi connectivity index (χ2v) is 8.12. The fourth-order valence-electron chi connectivity index (χ4n) is 3.94. The summed E-state index contributed by atoms with van der Waals surface area (Å²) in [4.78, 5) is 31.9. The number of carbonyl (C=O) groups is 2. The standard InChI is InChI=1S/C26H29N5O2/c32-25(28-19-21-10-7-13-27-17-21)23-16-22(11-12-24(23)31-14-5-2-6-15-31)30-26(33)29-18-20-8-3-1-4-9-20/h1,3-4,7-13,16-17H,2,5-6,14-15,18-19H2,(H,28,32)(H2,29,30,33). The number of benzene rings is 2. The highest BCUT2D eigenvalue weighted by molar-refractivity contribution is 6.02. The van der Waals surface area contributed by atoms with Crippen molar-refractivity contribution in [1.29, 1.82) is 0 Å². The van der Waals surface area contributed by atoms with Gasteiger partial charge in [-0.3, -0.25) is 9.78 Å². The van der Waals surface area contributed by atoms with Crippen molar-refractivity contribution < 1.29 is 9.59 Å². The maximum Gasteiger partial charge on any atom is 0.319 e. The molecule has 1 aromatic heterocycles. The van der Waals surface area contributed by atoms with E-state index in [2.05, 4.69) is 25.8 Å². The molecule has 0 unspecified atom stereocenters. The first-order chi connectivity index (χ1) is 16.2. The zero-order valence-electron chi connectivity index (χ0n) is 18.6. The van der Waals surface area contributed by atoms with Gasteiger partial charge in [-0.2, -0.15) is 0 Å². The molecule has 2 heterocycles. The van der Waals surface area contributed by atoms with E-state index in [1.54, 1.807) is 18.5 Å². The van der Waals surface area contributed by atoms with Crippen molar-refractivity contribution in [2.45, 2.75) is 32.4 Å². The number of hydrogen-bond acceptors (Lipinski definition) is 4. The normalized spacial score (nSPS) is 13.3. The van der Waals surface area contributed by atoms with Crippen molar-refractivity contribution in [3.05, 3.63) is 89.7 Å². The Bertz CT molecular complexity index is 1070. The van der Waals surface area contributed by atoms with Crippen LogP contribution in [0.15, 0.2) is 73.1 Å². The topological polar surface area (TPSA) is 86.4 Å². The van der Waals surface area contributed by atoms with Gasteiger partial charge in [0.2, 0.25) is 0 Å². The van der Waals surface area contributed by atoms with E-state index in [9.17, 15) is 9.59 Å². The SMILES string of the molecule is O=C(NCc1ccccc1)Nc1ccc(N2CCCCC2)c(C(=O)NCc2cccnc2)c1. The van der Waals surface area contributed by atoms with Gasteiger partial charge >= 0.3 is 6.03 Å². The highest BCUT2D eigenvalue weighted by atomic mass is 16.2. The fourth-order valence-corrected chi connectivity index (χ4v) is 3.94. The summed E-state index contributed by atoms with van der Waals surface area (Å²) in [7, 11) is 0. The summed E-state index contributed by atoms with van der Waals surface area (Å²) in [5.74, 6) is -0.173. The van der Waals surface area contributed by atoms with Crippen molar-refractivity contribution in [3.63, 3.8) is 0 Å². The first kappa shape index (κ1) is 22.3. The van der Waals surface area contributed by atoms with Gasteiger partial charge in [-0.05, 0) is 54.7 Å². The van der Waals surface area contributed by atoms with E-state index in [0.717, 1.165) is 42.7 Å². The number of nitrogens with zero attached hydrogens (tertiary/aromatic N) is 2. The Morgan fingerprint density at radius 2 is 1.61 bits per heavy atom. The zero-order valence-corrected chi connectivity index (χ0v) is 18.6. The lowest BCUT2D eigenvalue weighted by molar-refractivity contribution is 0.0951. The summed E-state index contributed by atoms with van der Waals surface area (Å²) >= 11 is 0. The molecule has 7 heteroatoms. The molecule has 1 aliphatic heterocycles. The second-order valence-electron chi connectivity index (χ2n) is 8.12. The van der Waals surface area contributed by atoms with Gasteiger partial charge in [0.15, 0.2) is 0 Å². The summed E-state index contributed by atoms with van der Waals surface area (Å²) in [5.41, 5.74) is 3.98. The minimum atomic E-state index is -0.314. The van der Waals surface area contributed by atoms with Crippen LogP contribution in [-0.4, -0.2) is 30.0 Å². The molecule has 0 atom stereocenters. The molecular weight excluding hydrogens is 414 g/mol. The molecular formula is C26H29N5O2. The third-order valence-corrected chi connectivity index (χ3v) is 5.67. The van der Waals surface area contributed by atoms with Crippen LogP contribution in [0.3, 0.4) is 0 Å². The van der Waals surface area contributed by atoms with Crippen LogP contribution in [0.25, 0.3) is 0 Å². The smallest absolute Gasteiger partial charge is 0.319 e. The van der Waals surface area contributed by atoms with Crippen LogP contribution in [0.1, 0.15) is 40.7 Å². The molecule has 4 rings (SSSR count). The monoisotopic (exact) mass is 443 g/mol. The molecule has 2 aromatic carbocycles. The molecule has 0 saturated carbocycles.